The summed E-state index contributed by atoms with van der Waals surface area (Å²) >= 11 is 0. The number of ether oxygens (including phenoxy) is 1. The van der Waals surface area contributed by atoms with E-state index in [0.717, 1.165) is 43.9 Å². The molecule has 0 unspecified atom stereocenters. The Hall–Kier alpha value is -0.960. The molecule has 1 saturated carbocycles. The van der Waals surface area contributed by atoms with Crippen molar-refractivity contribution in [3.05, 3.63) is 29.8 Å². The van der Waals surface area contributed by atoms with E-state index in [1.165, 1.54) is 0 Å². The largest absolute Gasteiger partial charge is 0.381 e. The van der Waals surface area contributed by atoms with Crippen LogP contribution >= 0.6 is 24.0 Å². The Kier molecular flexibility index (Phi) is 8.02. The van der Waals surface area contributed by atoms with Crippen molar-refractivity contribution in [1.29, 1.82) is 0 Å². The lowest BCUT2D eigenvalue weighted by Crippen LogP contribution is -2.26. The lowest BCUT2D eigenvalue weighted by molar-refractivity contribution is 0.0581. The first-order valence-corrected chi connectivity index (χ1v) is 7.13. The molecule has 1 aromatic rings. The molecule has 4 nitrogen and oxygen atoms in total. The normalized spacial score (nSPS) is 22.0. The van der Waals surface area contributed by atoms with E-state index < -0.39 is 11.6 Å². The Morgan fingerprint density at radius 3 is 2.64 bits per heavy atom. The highest BCUT2D eigenvalue weighted by atomic mass is 127. The van der Waals surface area contributed by atoms with Gasteiger partial charge in [0.1, 0.15) is 11.6 Å². The van der Waals surface area contributed by atoms with Crippen LogP contribution in [-0.4, -0.2) is 25.7 Å². The van der Waals surface area contributed by atoms with Crippen molar-refractivity contribution < 1.29 is 13.5 Å². The molecule has 3 N–H and O–H groups in total. The van der Waals surface area contributed by atoms with Crippen LogP contribution in [0.1, 0.15) is 25.7 Å². The van der Waals surface area contributed by atoms with E-state index in [-0.39, 0.29) is 35.6 Å². The van der Waals surface area contributed by atoms with Crippen LogP contribution in [0, 0.1) is 17.6 Å². The maximum atomic E-state index is 13.5. The lowest BCUT2D eigenvalue weighted by Gasteiger charge is -2.26. The third-order valence-corrected chi connectivity index (χ3v) is 3.84. The van der Waals surface area contributed by atoms with Crippen LogP contribution in [0.3, 0.4) is 0 Å². The zero-order chi connectivity index (χ0) is 15.2. The van der Waals surface area contributed by atoms with E-state index in [2.05, 4.69) is 10.3 Å². The van der Waals surface area contributed by atoms with Crippen molar-refractivity contribution in [2.75, 3.05) is 19.0 Å². The molecule has 0 amide bonds. The fourth-order valence-electron chi connectivity index (χ4n) is 2.55. The maximum Gasteiger partial charge on any atom is 0.193 e. The van der Waals surface area contributed by atoms with E-state index in [1.54, 1.807) is 7.11 Å². The maximum absolute atomic E-state index is 13.5. The topological polar surface area (TPSA) is 59.6 Å². The number of hydrogen-bond donors (Lipinski definition) is 2. The molecule has 0 saturated heterocycles. The molecule has 0 aliphatic heterocycles. The Labute approximate surface area is 146 Å². The van der Waals surface area contributed by atoms with Crippen LogP contribution in [0.4, 0.5) is 14.5 Å². The number of aliphatic imine (C=N–C) groups is 1. The van der Waals surface area contributed by atoms with Crippen LogP contribution in [0.25, 0.3) is 0 Å². The molecule has 1 aliphatic carbocycles. The smallest absolute Gasteiger partial charge is 0.193 e. The highest BCUT2D eigenvalue weighted by Gasteiger charge is 2.20. The van der Waals surface area contributed by atoms with Gasteiger partial charge in [0.05, 0.1) is 11.8 Å². The van der Waals surface area contributed by atoms with Gasteiger partial charge in [-0.15, -0.1) is 24.0 Å². The first-order valence-electron chi connectivity index (χ1n) is 7.13. The Balaban J connectivity index is 0.00000242. The summed E-state index contributed by atoms with van der Waals surface area (Å²) in [5.74, 6) is -0.512. The predicted octanol–water partition coefficient (Wildman–Crippen LogP) is 3.51. The number of guanidine groups is 1. The minimum atomic E-state index is -0.560. The summed E-state index contributed by atoms with van der Waals surface area (Å²) in [7, 11) is 1.73. The van der Waals surface area contributed by atoms with Crippen LogP contribution in [0.2, 0.25) is 0 Å². The van der Waals surface area contributed by atoms with Crippen LogP contribution in [0.15, 0.2) is 23.2 Å². The molecule has 1 aromatic carbocycles. The minimum absolute atomic E-state index is 0. The zero-order valence-corrected chi connectivity index (χ0v) is 14.8. The van der Waals surface area contributed by atoms with Gasteiger partial charge in [-0.1, -0.05) is 0 Å². The number of methoxy groups -OCH3 is 1. The monoisotopic (exact) mass is 425 g/mol. The van der Waals surface area contributed by atoms with Gasteiger partial charge in [0.15, 0.2) is 5.96 Å². The van der Waals surface area contributed by atoms with Crippen molar-refractivity contribution in [3.63, 3.8) is 0 Å². The van der Waals surface area contributed by atoms with Gasteiger partial charge in [0.2, 0.25) is 0 Å². The third kappa shape index (κ3) is 5.68. The van der Waals surface area contributed by atoms with E-state index in [1.807, 2.05) is 0 Å². The predicted molar refractivity (Wildman–Crippen MR) is 94.6 cm³/mol. The van der Waals surface area contributed by atoms with Gasteiger partial charge in [-0.2, -0.15) is 0 Å². The molecule has 0 bridgehead atoms. The summed E-state index contributed by atoms with van der Waals surface area (Å²) in [4.78, 5) is 4.22. The zero-order valence-electron chi connectivity index (χ0n) is 12.5. The highest BCUT2D eigenvalue weighted by molar-refractivity contribution is 14.0. The van der Waals surface area contributed by atoms with Gasteiger partial charge in [-0.25, -0.2) is 8.78 Å². The molecular weight excluding hydrogens is 403 g/mol. The molecule has 22 heavy (non-hydrogen) atoms. The fraction of sp³-hybridized carbons (Fsp3) is 0.533. The van der Waals surface area contributed by atoms with Crippen molar-refractivity contribution >= 4 is 35.6 Å². The van der Waals surface area contributed by atoms with E-state index in [0.29, 0.717) is 18.6 Å². The lowest BCUT2D eigenvalue weighted by atomic mass is 9.87. The van der Waals surface area contributed by atoms with Crippen LogP contribution < -0.4 is 11.1 Å². The van der Waals surface area contributed by atoms with Crippen molar-refractivity contribution in [2.45, 2.75) is 31.8 Å². The van der Waals surface area contributed by atoms with E-state index in [9.17, 15) is 8.78 Å². The number of rotatable bonds is 4. The minimum Gasteiger partial charge on any atom is -0.381 e. The number of benzene rings is 1. The van der Waals surface area contributed by atoms with E-state index >= 15 is 0 Å². The van der Waals surface area contributed by atoms with Gasteiger partial charge < -0.3 is 15.8 Å². The van der Waals surface area contributed by atoms with Gasteiger partial charge in [0.25, 0.3) is 0 Å². The molecule has 2 rings (SSSR count). The van der Waals surface area contributed by atoms with Crippen LogP contribution in [-0.2, 0) is 4.74 Å². The average Bonchev–Trinajstić information content (AvgIpc) is 2.49. The number of anilines is 1. The number of nitrogens with zero attached hydrogens (tertiary/aromatic N) is 1. The number of halogens is 3. The third-order valence-electron chi connectivity index (χ3n) is 3.84. The summed E-state index contributed by atoms with van der Waals surface area (Å²) in [6, 6.07) is 3.17. The van der Waals surface area contributed by atoms with Gasteiger partial charge in [-0.3, -0.25) is 4.99 Å². The second-order valence-corrected chi connectivity index (χ2v) is 5.35. The molecule has 0 heterocycles. The molecule has 124 valence electrons. The standard InChI is InChI=1S/C15H21F2N3O.HI/c1-21-12-5-2-10(3-6-12)9-19-15(18)20-14-8-11(16)4-7-13(14)17;/h4,7-8,10,12H,2-3,5-6,9H2,1H3,(H3,18,19,20);1H. The SMILES string of the molecule is COC1CCC(CN=C(N)Nc2cc(F)ccc2F)CC1.I. The van der Waals surface area contributed by atoms with Gasteiger partial charge >= 0.3 is 0 Å². The highest BCUT2D eigenvalue weighted by Crippen LogP contribution is 2.26. The quantitative estimate of drug-likeness (QED) is 0.441. The van der Waals surface area contributed by atoms with Crippen molar-refractivity contribution in [2.24, 2.45) is 16.6 Å². The molecule has 0 atom stereocenters. The Morgan fingerprint density at radius 1 is 1.32 bits per heavy atom. The summed E-state index contributed by atoms with van der Waals surface area (Å²) in [6.45, 7) is 0.589. The van der Waals surface area contributed by atoms with E-state index in [4.69, 9.17) is 10.5 Å². The van der Waals surface area contributed by atoms with Crippen molar-refractivity contribution in [1.82, 2.24) is 0 Å². The molecule has 1 fully saturated rings. The molecule has 0 spiro atoms. The first kappa shape index (κ1) is 19.1. The summed E-state index contributed by atoms with van der Waals surface area (Å²) in [5, 5.41) is 2.60. The molecule has 0 aromatic heterocycles. The second-order valence-electron chi connectivity index (χ2n) is 5.35. The average molecular weight is 425 g/mol. The van der Waals surface area contributed by atoms with Gasteiger partial charge in [0, 0.05) is 19.7 Å². The van der Waals surface area contributed by atoms with Crippen LogP contribution in [0.5, 0.6) is 0 Å². The summed E-state index contributed by atoms with van der Waals surface area (Å²) in [5.41, 5.74) is 5.72. The Morgan fingerprint density at radius 2 is 2.00 bits per heavy atom. The second kappa shape index (κ2) is 9.24. The van der Waals surface area contributed by atoms with Crippen molar-refractivity contribution in [3.8, 4) is 0 Å². The summed E-state index contributed by atoms with van der Waals surface area (Å²) < 4.78 is 31.8. The molecule has 1 aliphatic rings. The number of nitrogens with two attached hydrogens (primary N) is 1. The number of nitrogens with one attached hydrogen (secondary N) is 1. The first-order chi connectivity index (χ1) is 10.1. The summed E-state index contributed by atoms with van der Waals surface area (Å²) in [6.07, 6.45) is 4.50. The van der Waals surface area contributed by atoms with Gasteiger partial charge in [-0.05, 0) is 43.7 Å². The molecule has 0 radical (unpaired) electrons. The molecular formula is C15H22F2IN3O. The molecule has 7 heteroatoms. The fourth-order valence-corrected chi connectivity index (χ4v) is 2.55. The Bertz CT molecular complexity index is 506. The number of hydrogen-bond acceptors (Lipinski definition) is 2.